The molecule has 35 heavy (non-hydrogen) atoms. The number of carbonyl (C=O) groups excluding carboxylic acids is 2. The summed E-state index contributed by atoms with van der Waals surface area (Å²) >= 11 is 1.25. The summed E-state index contributed by atoms with van der Waals surface area (Å²) < 4.78 is 38.8. The van der Waals surface area contributed by atoms with Gasteiger partial charge in [-0.3, -0.25) is 19.2 Å². The van der Waals surface area contributed by atoms with E-state index in [1.54, 1.807) is 29.6 Å². The van der Waals surface area contributed by atoms with Gasteiger partial charge < -0.3 is 9.47 Å². The minimum atomic E-state index is -3.86. The second-order valence-electron chi connectivity index (χ2n) is 8.12. The van der Waals surface area contributed by atoms with Gasteiger partial charge in [0, 0.05) is 24.3 Å². The fraction of sp³-hybridized carbons (Fsp3) is 0.292. The predicted octanol–water partition coefficient (Wildman–Crippen LogP) is 3.71. The predicted molar refractivity (Wildman–Crippen MR) is 133 cm³/mol. The van der Waals surface area contributed by atoms with Crippen molar-refractivity contribution in [2.75, 3.05) is 29.4 Å². The summed E-state index contributed by atoms with van der Waals surface area (Å²) in [6.45, 7) is 5.58. The number of hydrogen-bond donors (Lipinski definition) is 1. The van der Waals surface area contributed by atoms with Crippen LogP contribution < -0.4 is 14.4 Å². The first kappa shape index (κ1) is 24.7. The van der Waals surface area contributed by atoms with Gasteiger partial charge in [-0.2, -0.15) is 0 Å². The van der Waals surface area contributed by atoms with Crippen molar-refractivity contribution in [2.24, 2.45) is 0 Å². The molecule has 3 aromatic rings. The van der Waals surface area contributed by atoms with E-state index in [9.17, 15) is 18.0 Å². The smallest absolute Gasteiger partial charge is 0.302 e. The van der Waals surface area contributed by atoms with Gasteiger partial charge in [0.1, 0.15) is 12.4 Å². The Morgan fingerprint density at radius 3 is 2.63 bits per heavy atom. The summed E-state index contributed by atoms with van der Waals surface area (Å²) in [6.07, 6.45) is 0.438. The van der Waals surface area contributed by atoms with Crippen LogP contribution in [0.25, 0.3) is 0 Å². The van der Waals surface area contributed by atoms with Gasteiger partial charge in [-0.25, -0.2) is 13.4 Å². The molecule has 1 aromatic heterocycles. The molecule has 1 aliphatic heterocycles. The number of esters is 1. The highest BCUT2D eigenvalue weighted by molar-refractivity contribution is 7.92. The van der Waals surface area contributed by atoms with Crippen LogP contribution in [0.3, 0.4) is 0 Å². The molecule has 0 atom stereocenters. The molecule has 0 bridgehead atoms. The highest BCUT2D eigenvalue weighted by Gasteiger charge is 2.31. The first-order valence-electron chi connectivity index (χ1n) is 10.9. The van der Waals surface area contributed by atoms with Gasteiger partial charge in [-0.15, -0.1) is 11.3 Å². The highest BCUT2D eigenvalue weighted by Crippen LogP contribution is 2.36. The SMILES string of the molecule is CC(=O)OCCc1csc(NC(=O)c2ccc3c(c2)N(S(=O)(=O)c2cc(C)cc(C)c2)CCO3)n1. The minimum Gasteiger partial charge on any atom is -0.489 e. The number of fused-ring (bicyclic) bond motifs is 1. The van der Waals surface area contributed by atoms with Crippen LogP contribution in [0.15, 0.2) is 46.7 Å². The molecule has 1 amide bonds. The van der Waals surface area contributed by atoms with Gasteiger partial charge in [0.25, 0.3) is 15.9 Å². The second-order valence-corrected chi connectivity index (χ2v) is 10.8. The Balaban J connectivity index is 1.55. The number of sulfonamides is 1. The molecule has 0 spiro atoms. The number of rotatable bonds is 7. The van der Waals surface area contributed by atoms with E-state index in [1.165, 1.54) is 28.6 Å². The van der Waals surface area contributed by atoms with E-state index < -0.39 is 15.9 Å². The van der Waals surface area contributed by atoms with Crippen molar-refractivity contribution in [1.29, 1.82) is 0 Å². The summed E-state index contributed by atoms with van der Waals surface area (Å²) in [5.41, 5.74) is 2.97. The van der Waals surface area contributed by atoms with Gasteiger partial charge >= 0.3 is 5.97 Å². The average molecular weight is 516 g/mol. The van der Waals surface area contributed by atoms with E-state index in [-0.39, 0.29) is 36.2 Å². The Labute approximate surface area is 207 Å². The zero-order chi connectivity index (χ0) is 25.2. The lowest BCUT2D eigenvalue weighted by Gasteiger charge is -2.31. The maximum atomic E-state index is 13.5. The van der Waals surface area contributed by atoms with Crippen molar-refractivity contribution in [2.45, 2.75) is 32.1 Å². The topological polar surface area (TPSA) is 115 Å². The number of anilines is 2. The molecular formula is C24H25N3O6S2. The molecule has 0 radical (unpaired) electrons. The molecular weight excluding hydrogens is 490 g/mol. The number of nitrogens with zero attached hydrogens (tertiary/aromatic N) is 2. The molecule has 1 aliphatic rings. The zero-order valence-electron chi connectivity index (χ0n) is 19.5. The molecule has 2 aromatic carbocycles. The average Bonchev–Trinajstić information content (AvgIpc) is 3.24. The van der Waals surface area contributed by atoms with Crippen LogP contribution >= 0.6 is 11.3 Å². The first-order chi connectivity index (χ1) is 16.6. The summed E-state index contributed by atoms with van der Waals surface area (Å²) in [4.78, 5) is 28.3. The lowest BCUT2D eigenvalue weighted by molar-refractivity contribution is -0.140. The zero-order valence-corrected chi connectivity index (χ0v) is 21.2. The number of amides is 1. The minimum absolute atomic E-state index is 0.131. The summed E-state index contributed by atoms with van der Waals surface area (Å²) in [5, 5.41) is 4.90. The third-order valence-corrected chi connectivity index (χ3v) is 7.86. The monoisotopic (exact) mass is 515 g/mol. The highest BCUT2D eigenvalue weighted by atomic mass is 32.2. The third-order valence-electron chi connectivity index (χ3n) is 5.26. The maximum absolute atomic E-state index is 13.5. The summed E-state index contributed by atoms with van der Waals surface area (Å²) in [5.74, 6) is -0.399. The molecule has 4 rings (SSSR count). The Morgan fingerprint density at radius 2 is 1.91 bits per heavy atom. The van der Waals surface area contributed by atoms with E-state index in [4.69, 9.17) is 9.47 Å². The maximum Gasteiger partial charge on any atom is 0.302 e. The lowest BCUT2D eigenvalue weighted by atomic mass is 10.1. The number of aryl methyl sites for hydroxylation is 2. The molecule has 184 valence electrons. The van der Waals surface area contributed by atoms with Crippen LogP contribution in [0, 0.1) is 13.8 Å². The molecule has 0 saturated carbocycles. The molecule has 11 heteroatoms. The molecule has 0 aliphatic carbocycles. The van der Waals surface area contributed by atoms with Crippen molar-refractivity contribution >= 4 is 44.1 Å². The van der Waals surface area contributed by atoms with Crippen LogP contribution in [0.2, 0.25) is 0 Å². The van der Waals surface area contributed by atoms with Crippen molar-refractivity contribution in [1.82, 2.24) is 4.98 Å². The van der Waals surface area contributed by atoms with Crippen LogP contribution in [0.5, 0.6) is 5.75 Å². The van der Waals surface area contributed by atoms with Gasteiger partial charge in [0.2, 0.25) is 0 Å². The molecule has 0 saturated heterocycles. The Hall–Kier alpha value is -3.44. The van der Waals surface area contributed by atoms with Gasteiger partial charge in [0.15, 0.2) is 5.13 Å². The summed E-state index contributed by atoms with van der Waals surface area (Å²) in [7, 11) is -3.86. The molecule has 0 unspecified atom stereocenters. The Kier molecular flexibility index (Phi) is 7.08. The fourth-order valence-electron chi connectivity index (χ4n) is 3.74. The number of hydrogen-bond acceptors (Lipinski definition) is 8. The van der Waals surface area contributed by atoms with E-state index in [1.807, 2.05) is 19.9 Å². The lowest BCUT2D eigenvalue weighted by Crippen LogP contribution is -2.38. The number of ether oxygens (including phenoxy) is 2. The molecule has 2 heterocycles. The fourth-order valence-corrected chi connectivity index (χ4v) is 6.12. The third kappa shape index (κ3) is 5.63. The van der Waals surface area contributed by atoms with Gasteiger partial charge in [-0.05, 0) is 55.3 Å². The quantitative estimate of drug-likeness (QED) is 0.477. The van der Waals surface area contributed by atoms with E-state index in [2.05, 4.69) is 10.3 Å². The van der Waals surface area contributed by atoms with E-state index in [0.29, 0.717) is 28.7 Å². The molecule has 0 fully saturated rings. The van der Waals surface area contributed by atoms with Crippen LogP contribution in [-0.4, -0.2) is 45.0 Å². The Morgan fingerprint density at radius 1 is 1.17 bits per heavy atom. The number of benzene rings is 2. The van der Waals surface area contributed by atoms with Gasteiger partial charge in [0.05, 0.1) is 29.4 Å². The standard InChI is InChI=1S/C24H25N3O6S2/c1-15-10-16(2)12-20(11-15)35(30,31)27-7-9-33-22-5-4-18(13-21(22)27)23(29)26-24-25-19(14-34-24)6-8-32-17(3)28/h4-5,10-14H,6-9H2,1-3H3,(H,25,26,29). The number of thiazole rings is 1. The van der Waals surface area contributed by atoms with Crippen molar-refractivity contribution in [3.05, 3.63) is 64.2 Å². The van der Waals surface area contributed by atoms with E-state index in [0.717, 1.165) is 11.1 Å². The van der Waals surface area contributed by atoms with Crippen LogP contribution in [0.4, 0.5) is 10.8 Å². The number of nitrogens with one attached hydrogen (secondary N) is 1. The second kappa shape index (κ2) is 10.0. The Bertz CT molecular complexity index is 1360. The van der Waals surface area contributed by atoms with Crippen molar-refractivity contribution in [3.63, 3.8) is 0 Å². The molecule has 9 nitrogen and oxygen atoms in total. The first-order valence-corrected chi connectivity index (χ1v) is 13.2. The van der Waals surface area contributed by atoms with Gasteiger partial charge in [-0.1, -0.05) is 6.07 Å². The van der Waals surface area contributed by atoms with Crippen LogP contribution in [-0.2, 0) is 26.0 Å². The van der Waals surface area contributed by atoms with Crippen molar-refractivity contribution < 1.29 is 27.5 Å². The summed E-state index contributed by atoms with van der Waals surface area (Å²) in [6, 6.07) is 9.87. The largest absolute Gasteiger partial charge is 0.489 e. The molecule has 1 N–H and O–H groups in total. The normalized spacial score (nSPS) is 13.1. The van der Waals surface area contributed by atoms with E-state index >= 15 is 0 Å². The number of carbonyl (C=O) groups is 2. The van der Waals surface area contributed by atoms with Crippen molar-refractivity contribution in [3.8, 4) is 5.75 Å². The van der Waals surface area contributed by atoms with Crippen LogP contribution in [0.1, 0.15) is 34.1 Å². The number of aromatic nitrogens is 1.